The lowest BCUT2D eigenvalue weighted by atomic mass is 10.0. The van der Waals surface area contributed by atoms with Gasteiger partial charge in [-0.15, -0.1) is 0 Å². The summed E-state index contributed by atoms with van der Waals surface area (Å²) in [5.74, 6) is -0.222. The largest absolute Gasteiger partial charge is 0.497 e. The number of carbonyl (C=O) groups excluding carboxylic acids is 2. The number of para-hydroxylation sites is 1. The highest BCUT2D eigenvalue weighted by Crippen LogP contribution is 2.27. The van der Waals surface area contributed by atoms with Gasteiger partial charge in [0.1, 0.15) is 5.75 Å². The molecule has 4 rings (SSSR count). The molecule has 0 saturated heterocycles. The smallest absolute Gasteiger partial charge is 0.339 e. The van der Waals surface area contributed by atoms with Crippen LogP contribution in [0.3, 0.4) is 0 Å². The van der Waals surface area contributed by atoms with Crippen LogP contribution in [0.25, 0.3) is 22.2 Å². The predicted molar refractivity (Wildman–Crippen MR) is 130 cm³/mol. The summed E-state index contributed by atoms with van der Waals surface area (Å²) < 4.78 is 11.4. The third kappa shape index (κ3) is 5.56. The molecule has 1 amide bonds. The van der Waals surface area contributed by atoms with Gasteiger partial charge in [-0.25, -0.2) is 9.78 Å². The van der Waals surface area contributed by atoms with Gasteiger partial charge in [0.25, 0.3) is 5.91 Å². The number of esters is 1. The van der Waals surface area contributed by atoms with E-state index in [1.165, 1.54) is 0 Å². The van der Waals surface area contributed by atoms with E-state index in [0.29, 0.717) is 28.7 Å². The molecule has 33 heavy (non-hydrogen) atoms. The summed E-state index contributed by atoms with van der Waals surface area (Å²) in [5.41, 5.74) is 3.45. The van der Waals surface area contributed by atoms with E-state index in [1.807, 2.05) is 72.8 Å². The SMILES string of the molecule is COc1ccc(CNC(=O)COC(=O)c2cc(-c3cccc(Br)c3)nc3ccccc23)cc1. The van der Waals surface area contributed by atoms with Crippen molar-refractivity contribution in [2.45, 2.75) is 6.54 Å². The predicted octanol–water partition coefficient (Wildman–Crippen LogP) is 5.15. The number of hydrogen-bond acceptors (Lipinski definition) is 5. The minimum Gasteiger partial charge on any atom is -0.497 e. The number of carbonyl (C=O) groups is 2. The second-order valence-electron chi connectivity index (χ2n) is 7.28. The summed E-state index contributed by atoms with van der Waals surface area (Å²) in [6, 6.07) is 24.1. The fourth-order valence-electron chi connectivity index (χ4n) is 3.34. The number of ether oxygens (including phenoxy) is 2. The molecule has 4 aromatic rings. The maximum absolute atomic E-state index is 12.9. The molecule has 0 aliphatic heterocycles. The van der Waals surface area contributed by atoms with Crippen molar-refractivity contribution in [2.75, 3.05) is 13.7 Å². The average Bonchev–Trinajstić information content (AvgIpc) is 2.85. The van der Waals surface area contributed by atoms with E-state index >= 15 is 0 Å². The van der Waals surface area contributed by atoms with Crippen LogP contribution in [-0.2, 0) is 16.1 Å². The fourth-order valence-corrected chi connectivity index (χ4v) is 3.74. The lowest BCUT2D eigenvalue weighted by Crippen LogP contribution is -2.28. The van der Waals surface area contributed by atoms with Crippen molar-refractivity contribution in [2.24, 2.45) is 0 Å². The van der Waals surface area contributed by atoms with Gasteiger partial charge in [-0.3, -0.25) is 4.79 Å². The van der Waals surface area contributed by atoms with Crippen LogP contribution in [0.15, 0.2) is 83.3 Å². The molecule has 1 N–H and O–H groups in total. The van der Waals surface area contributed by atoms with Crippen LogP contribution in [0, 0.1) is 0 Å². The van der Waals surface area contributed by atoms with Crippen molar-refractivity contribution < 1.29 is 19.1 Å². The number of rotatable bonds is 7. The van der Waals surface area contributed by atoms with E-state index < -0.39 is 5.97 Å². The Morgan fingerprint density at radius 2 is 1.76 bits per heavy atom. The number of methoxy groups -OCH3 is 1. The van der Waals surface area contributed by atoms with Gasteiger partial charge in [-0.05, 0) is 42.0 Å². The minimum atomic E-state index is -0.579. The number of halogens is 1. The van der Waals surface area contributed by atoms with Gasteiger partial charge in [-0.1, -0.05) is 58.4 Å². The van der Waals surface area contributed by atoms with Crippen molar-refractivity contribution in [1.82, 2.24) is 10.3 Å². The Morgan fingerprint density at radius 3 is 2.52 bits per heavy atom. The molecule has 0 aliphatic rings. The molecule has 0 spiro atoms. The Balaban J connectivity index is 1.47. The third-order valence-corrected chi connectivity index (χ3v) is 5.53. The molecule has 3 aromatic carbocycles. The van der Waals surface area contributed by atoms with Crippen LogP contribution in [0.5, 0.6) is 5.75 Å². The number of fused-ring (bicyclic) bond motifs is 1. The summed E-state index contributed by atoms with van der Waals surface area (Å²) >= 11 is 3.47. The standard InChI is InChI=1S/C26H21BrN2O4/c1-32-20-11-9-17(10-12-20)15-28-25(30)16-33-26(31)22-14-24(18-5-4-6-19(27)13-18)29-23-8-3-2-7-21(22)23/h2-14H,15-16H2,1H3,(H,28,30). The monoisotopic (exact) mass is 504 g/mol. The van der Waals surface area contributed by atoms with E-state index in [-0.39, 0.29) is 12.5 Å². The second kappa shape index (κ2) is 10.3. The molecular weight excluding hydrogens is 484 g/mol. The Kier molecular flexibility index (Phi) is 7.00. The van der Waals surface area contributed by atoms with Gasteiger partial charge in [0.05, 0.1) is 23.9 Å². The number of aromatic nitrogens is 1. The zero-order valence-corrected chi connectivity index (χ0v) is 19.5. The summed E-state index contributed by atoms with van der Waals surface area (Å²) in [4.78, 5) is 29.8. The molecule has 0 bridgehead atoms. The van der Waals surface area contributed by atoms with Crippen LogP contribution in [0.4, 0.5) is 0 Å². The van der Waals surface area contributed by atoms with E-state index in [4.69, 9.17) is 9.47 Å². The molecule has 7 heteroatoms. The van der Waals surface area contributed by atoms with Crippen LogP contribution in [0.1, 0.15) is 15.9 Å². The van der Waals surface area contributed by atoms with Crippen LogP contribution >= 0.6 is 15.9 Å². The topological polar surface area (TPSA) is 77.5 Å². The maximum Gasteiger partial charge on any atom is 0.339 e. The van der Waals surface area contributed by atoms with Crippen molar-refractivity contribution >= 4 is 38.7 Å². The molecule has 0 atom stereocenters. The quantitative estimate of drug-likeness (QED) is 0.352. The Morgan fingerprint density at radius 1 is 0.970 bits per heavy atom. The second-order valence-corrected chi connectivity index (χ2v) is 8.20. The van der Waals surface area contributed by atoms with Gasteiger partial charge in [-0.2, -0.15) is 0 Å². The van der Waals surface area contributed by atoms with E-state index in [0.717, 1.165) is 21.3 Å². The molecule has 0 radical (unpaired) electrons. The molecule has 166 valence electrons. The number of hydrogen-bond donors (Lipinski definition) is 1. The van der Waals surface area contributed by atoms with Gasteiger partial charge < -0.3 is 14.8 Å². The zero-order chi connectivity index (χ0) is 23.2. The van der Waals surface area contributed by atoms with Gasteiger partial charge in [0, 0.05) is 22.0 Å². The molecule has 0 aliphatic carbocycles. The molecule has 0 saturated carbocycles. The van der Waals surface area contributed by atoms with Crippen LogP contribution < -0.4 is 10.1 Å². The number of nitrogens with one attached hydrogen (secondary N) is 1. The first kappa shape index (κ1) is 22.5. The molecule has 0 fully saturated rings. The molecule has 6 nitrogen and oxygen atoms in total. The first-order chi connectivity index (χ1) is 16.0. The number of benzene rings is 3. The highest BCUT2D eigenvalue weighted by Gasteiger charge is 2.16. The highest BCUT2D eigenvalue weighted by atomic mass is 79.9. The van der Waals surface area contributed by atoms with E-state index in [2.05, 4.69) is 26.2 Å². The fraction of sp³-hybridized carbons (Fsp3) is 0.115. The molecular formula is C26H21BrN2O4. The number of pyridine rings is 1. The Labute approximate surface area is 199 Å². The highest BCUT2D eigenvalue weighted by molar-refractivity contribution is 9.10. The summed E-state index contributed by atoms with van der Waals surface area (Å²) in [7, 11) is 1.60. The number of amides is 1. The van der Waals surface area contributed by atoms with E-state index in [9.17, 15) is 9.59 Å². The van der Waals surface area contributed by atoms with Crippen LogP contribution in [0.2, 0.25) is 0 Å². The van der Waals surface area contributed by atoms with Crippen molar-refractivity contribution in [3.8, 4) is 17.0 Å². The van der Waals surface area contributed by atoms with Gasteiger partial charge in [0.15, 0.2) is 6.61 Å². The van der Waals surface area contributed by atoms with E-state index in [1.54, 1.807) is 13.2 Å². The molecule has 0 unspecified atom stereocenters. The first-order valence-corrected chi connectivity index (χ1v) is 11.1. The third-order valence-electron chi connectivity index (χ3n) is 5.04. The first-order valence-electron chi connectivity index (χ1n) is 10.3. The number of nitrogens with zero attached hydrogens (tertiary/aromatic N) is 1. The van der Waals surface area contributed by atoms with Crippen molar-refractivity contribution in [3.05, 3.63) is 94.5 Å². The average molecular weight is 505 g/mol. The Hall–Kier alpha value is -3.71. The summed E-state index contributed by atoms with van der Waals surface area (Å²) in [6.07, 6.45) is 0. The van der Waals surface area contributed by atoms with Crippen molar-refractivity contribution in [3.63, 3.8) is 0 Å². The Bertz CT molecular complexity index is 1310. The summed E-state index contributed by atoms with van der Waals surface area (Å²) in [6.45, 7) is -0.0521. The normalized spacial score (nSPS) is 10.6. The van der Waals surface area contributed by atoms with Crippen molar-refractivity contribution in [1.29, 1.82) is 0 Å². The van der Waals surface area contributed by atoms with Crippen LogP contribution in [-0.4, -0.2) is 30.6 Å². The van der Waals surface area contributed by atoms with Gasteiger partial charge >= 0.3 is 5.97 Å². The van der Waals surface area contributed by atoms with Gasteiger partial charge in [0.2, 0.25) is 0 Å². The minimum absolute atomic E-state index is 0.325. The molecule has 1 heterocycles. The zero-order valence-electron chi connectivity index (χ0n) is 17.9. The molecule has 1 aromatic heterocycles. The maximum atomic E-state index is 12.9. The lowest BCUT2D eigenvalue weighted by molar-refractivity contribution is -0.124. The summed E-state index contributed by atoms with van der Waals surface area (Å²) in [5, 5.41) is 3.42. The lowest BCUT2D eigenvalue weighted by Gasteiger charge is -2.11.